The molecule has 0 spiro atoms. The van der Waals surface area contributed by atoms with E-state index in [2.05, 4.69) is 17.1 Å². The van der Waals surface area contributed by atoms with E-state index in [1.807, 2.05) is 36.5 Å². The normalized spacial score (nSPS) is 10.6. The zero-order chi connectivity index (χ0) is 16.2. The first-order valence-electron chi connectivity index (χ1n) is 7.39. The van der Waals surface area contributed by atoms with Gasteiger partial charge in [-0.15, -0.1) is 0 Å². The van der Waals surface area contributed by atoms with Gasteiger partial charge in [-0.25, -0.2) is 0 Å². The van der Waals surface area contributed by atoms with Gasteiger partial charge in [0.25, 0.3) is 0 Å². The van der Waals surface area contributed by atoms with Crippen LogP contribution in [0.1, 0.15) is 11.3 Å². The second-order valence-corrected chi connectivity index (χ2v) is 5.15. The molecule has 0 unspecified atom stereocenters. The van der Waals surface area contributed by atoms with Crippen LogP contribution in [0.25, 0.3) is 10.8 Å². The Hall–Kier alpha value is -2.75. The van der Waals surface area contributed by atoms with E-state index in [-0.39, 0.29) is 0 Å². The molecule has 0 radical (unpaired) electrons. The fraction of sp³-hybridized carbons (Fsp3) is 0.211. The molecule has 4 heteroatoms. The van der Waals surface area contributed by atoms with Gasteiger partial charge in [0.05, 0.1) is 27.0 Å². The summed E-state index contributed by atoms with van der Waals surface area (Å²) < 4.78 is 16.3. The Bertz CT molecular complexity index is 825. The molecule has 1 aromatic heterocycles. The Morgan fingerprint density at radius 1 is 0.826 bits per heavy atom. The highest BCUT2D eigenvalue weighted by atomic mass is 16.5. The standard InChI is InChI=1S/C19H19NO3/c1-21-17-9-8-14(18(22-2)19(17)23-3)12-16-15-7-5-4-6-13(15)10-11-20-16/h4-11H,12H2,1-3H3. The predicted molar refractivity (Wildman–Crippen MR) is 90.6 cm³/mol. The molecule has 1 heterocycles. The van der Waals surface area contributed by atoms with Gasteiger partial charge < -0.3 is 14.2 Å². The second-order valence-electron chi connectivity index (χ2n) is 5.15. The Balaban J connectivity index is 2.09. The summed E-state index contributed by atoms with van der Waals surface area (Å²) in [4.78, 5) is 4.55. The number of methoxy groups -OCH3 is 3. The minimum Gasteiger partial charge on any atom is -0.493 e. The zero-order valence-electron chi connectivity index (χ0n) is 13.5. The van der Waals surface area contributed by atoms with Crippen LogP contribution in [0.5, 0.6) is 17.2 Å². The number of rotatable bonds is 5. The summed E-state index contributed by atoms with van der Waals surface area (Å²) in [6.07, 6.45) is 2.50. The van der Waals surface area contributed by atoms with Crippen LogP contribution < -0.4 is 14.2 Å². The molecule has 4 nitrogen and oxygen atoms in total. The molecule has 0 aliphatic rings. The molecule has 3 rings (SSSR count). The molecule has 0 amide bonds. The van der Waals surface area contributed by atoms with Gasteiger partial charge in [-0.05, 0) is 17.5 Å². The number of hydrogen-bond acceptors (Lipinski definition) is 4. The average molecular weight is 309 g/mol. The molecule has 0 saturated carbocycles. The first kappa shape index (κ1) is 15.2. The van der Waals surface area contributed by atoms with Crippen molar-refractivity contribution in [3.63, 3.8) is 0 Å². The maximum atomic E-state index is 5.56. The minimum atomic E-state index is 0.604. The molecule has 0 aliphatic heterocycles. The summed E-state index contributed by atoms with van der Waals surface area (Å²) in [5.41, 5.74) is 2.02. The molecule has 3 aromatic rings. The van der Waals surface area contributed by atoms with E-state index in [1.165, 1.54) is 5.39 Å². The molecular weight excluding hydrogens is 290 g/mol. The largest absolute Gasteiger partial charge is 0.493 e. The number of fused-ring (bicyclic) bond motifs is 1. The number of hydrogen-bond donors (Lipinski definition) is 0. The SMILES string of the molecule is COc1ccc(Cc2nccc3ccccc23)c(OC)c1OC. The van der Waals surface area contributed by atoms with E-state index in [4.69, 9.17) is 14.2 Å². The van der Waals surface area contributed by atoms with Crippen molar-refractivity contribution in [2.45, 2.75) is 6.42 Å². The van der Waals surface area contributed by atoms with Gasteiger partial charge in [-0.3, -0.25) is 4.98 Å². The number of pyridine rings is 1. The van der Waals surface area contributed by atoms with Gasteiger partial charge in [0.1, 0.15) is 0 Å². The first-order valence-corrected chi connectivity index (χ1v) is 7.39. The molecule has 2 aromatic carbocycles. The van der Waals surface area contributed by atoms with Crippen molar-refractivity contribution in [3.05, 3.63) is 59.9 Å². The van der Waals surface area contributed by atoms with Crippen molar-refractivity contribution < 1.29 is 14.2 Å². The first-order chi connectivity index (χ1) is 11.3. The summed E-state index contributed by atoms with van der Waals surface area (Å²) in [5, 5.41) is 2.32. The van der Waals surface area contributed by atoms with E-state index in [0.29, 0.717) is 23.7 Å². The highest BCUT2D eigenvalue weighted by Gasteiger charge is 2.17. The Kier molecular flexibility index (Phi) is 4.33. The van der Waals surface area contributed by atoms with Gasteiger partial charge in [0.15, 0.2) is 11.5 Å². The van der Waals surface area contributed by atoms with Crippen LogP contribution in [0.2, 0.25) is 0 Å². The summed E-state index contributed by atoms with van der Waals surface area (Å²) in [7, 11) is 4.86. The smallest absolute Gasteiger partial charge is 0.203 e. The van der Waals surface area contributed by atoms with E-state index >= 15 is 0 Å². The van der Waals surface area contributed by atoms with Crippen molar-refractivity contribution >= 4 is 10.8 Å². The zero-order valence-corrected chi connectivity index (χ0v) is 13.5. The van der Waals surface area contributed by atoms with Crippen LogP contribution in [-0.2, 0) is 6.42 Å². The molecule has 23 heavy (non-hydrogen) atoms. The minimum absolute atomic E-state index is 0.604. The molecular formula is C19H19NO3. The molecule has 0 bridgehead atoms. The molecule has 0 aliphatic carbocycles. The van der Waals surface area contributed by atoms with Gasteiger partial charge in [-0.1, -0.05) is 30.3 Å². The van der Waals surface area contributed by atoms with Crippen molar-refractivity contribution in [2.75, 3.05) is 21.3 Å². The van der Waals surface area contributed by atoms with Crippen molar-refractivity contribution in [2.24, 2.45) is 0 Å². The summed E-state index contributed by atoms with van der Waals surface area (Å²) in [6.45, 7) is 0. The molecule has 0 N–H and O–H groups in total. The lowest BCUT2D eigenvalue weighted by atomic mass is 10.0. The van der Waals surface area contributed by atoms with Crippen LogP contribution >= 0.6 is 0 Å². The fourth-order valence-electron chi connectivity index (χ4n) is 2.81. The van der Waals surface area contributed by atoms with E-state index in [0.717, 1.165) is 16.6 Å². The Labute approximate surface area is 135 Å². The summed E-state index contributed by atoms with van der Waals surface area (Å²) >= 11 is 0. The topological polar surface area (TPSA) is 40.6 Å². The Morgan fingerprint density at radius 3 is 2.35 bits per heavy atom. The van der Waals surface area contributed by atoms with Crippen LogP contribution in [0.3, 0.4) is 0 Å². The molecule has 0 fully saturated rings. The average Bonchev–Trinajstić information content (AvgIpc) is 2.61. The van der Waals surface area contributed by atoms with E-state index in [1.54, 1.807) is 21.3 Å². The van der Waals surface area contributed by atoms with Crippen molar-refractivity contribution in [3.8, 4) is 17.2 Å². The number of benzene rings is 2. The maximum absolute atomic E-state index is 5.56. The maximum Gasteiger partial charge on any atom is 0.203 e. The lowest BCUT2D eigenvalue weighted by molar-refractivity contribution is 0.322. The number of aromatic nitrogens is 1. The summed E-state index contributed by atoms with van der Waals surface area (Å²) in [5.74, 6) is 1.94. The van der Waals surface area contributed by atoms with Crippen LogP contribution in [0.15, 0.2) is 48.7 Å². The van der Waals surface area contributed by atoms with Crippen LogP contribution in [-0.4, -0.2) is 26.3 Å². The van der Waals surface area contributed by atoms with E-state index in [9.17, 15) is 0 Å². The van der Waals surface area contributed by atoms with Gasteiger partial charge in [0, 0.05) is 23.6 Å². The monoisotopic (exact) mass is 309 g/mol. The van der Waals surface area contributed by atoms with Gasteiger partial charge in [-0.2, -0.15) is 0 Å². The predicted octanol–water partition coefficient (Wildman–Crippen LogP) is 3.85. The third-order valence-corrected chi connectivity index (χ3v) is 3.90. The van der Waals surface area contributed by atoms with Crippen molar-refractivity contribution in [1.82, 2.24) is 4.98 Å². The van der Waals surface area contributed by atoms with Crippen LogP contribution in [0.4, 0.5) is 0 Å². The third-order valence-electron chi connectivity index (χ3n) is 3.90. The third kappa shape index (κ3) is 2.80. The highest BCUT2D eigenvalue weighted by Crippen LogP contribution is 2.40. The quantitative estimate of drug-likeness (QED) is 0.718. The van der Waals surface area contributed by atoms with E-state index < -0.39 is 0 Å². The van der Waals surface area contributed by atoms with Gasteiger partial charge >= 0.3 is 0 Å². The Morgan fingerprint density at radius 2 is 1.61 bits per heavy atom. The van der Waals surface area contributed by atoms with Crippen LogP contribution in [0, 0.1) is 0 Å². The van der Waals surface area contributed by atoms with Gasteiger partial charge in [0.2, 0.25) is 5.75 Å². The number of ether oxygens (including phenoxy) is 3. The summed E-state index contributed by atoms with van der Waals surface area (Å²) in [6, 6.07) is 14.1. The lowest BCUT2D eigenvalue weighted by Gasteiger charge is -2.16. The van der Waals surface area contributed by atoms with Crippen molar-refractivity contribution in [1.29, 1.82) is 0 Å². The molecule has 0 saturated heterocycles. The second kappa shape index (κ2) is 6.57. The highest BCUT2D eigenvalue weighted by molar-refractivity contribution is 5.84. The molecule has 0 atom stereocenters. The number of nitrogens with zero attached hydrogens (tertiary/aromatic N) is 1. The molecule has 118 valence electrons. The lowest BCUT2D eigenvalue weighted by Crippen LogP contribution is -2.01. The fourth-order valence-corrected chi connectivity index (χ4v) is 2.81.